The molecule has 7 heteroatoms. The molecular weight excluding hydrogens is 364 g/mol. The Balaban J connectivity index is 1.43. The lowest BCUT2D eigenvalue weighted by molar-refractivity contribution is -0.121. The average molecular weight is 403 g/mol. The van der Waals surface area contributed by atoms with Crippen LogP contribution in [-0.4, -0.2) is 91.1 Å². The van der Waals surface area contributed by atoms with Crippen LogP contribution in [0.2, 0.25) is 0 Å². The molecule has 2 saturated heterocycles. The van der Waals surface area contributed by atoms with Gasteiger partial charge < -0.3 is 10.2 Å². The van der Waals surface area contributed by atoms with E-state index < -0.39 is 0 Å². The number of likely N-dealkylation sites (N-methyl/N-ethyl adjacent to an activating group) is 1. The van der Waals surface area contributed by atoms with Crippen molar-refractivity contribution in [3.05, 3.63) is 0 Å². The van der Waals surface area contributed by atoms with Crippen LogP contribution in [0.25, 0.3) is 0 Å². The van der Waals surface area contributed by atoms with E-state index in [4.69, 9.17) is 0 Å². The second-order valence-electron chi connectivity index (χ2n) is 7.61. The van der Waals surface area contributed by atoms with Crippen molar-refractivity contribution in [2.45, 2.75) is 50.7 Å². The largest absolute Gasteiger partial charge is 0.355 e. The highest BCUT2D eigenvalue weighted by atomic mass is 33.1. The van der Waals surface area contributed by atoms with Crippen molar-refractivity contribution in [1.29, 1.82) is 0 Å². The summed E-state index contributed by atoms with van der Waals surface area (Å²) in [5, 5.41) is 3.94. The van der Waals surface area contributed by atoms with Gasteiger partial charge in [-0.15, -0.1) is 0 Å². The lowest BCUT2D eigenvalue weighted by atomic mass is 10.1. The number of carbonyl (C=O) groups is 1. The van der Waals surface area contributed by atoms with Crippen molar-refractivity contribution in [1.82, 2.24) is 20.0 Å². The minimum Gasteiger partial charge on any atom is -0.355 e. The lowest BCUT2D eigenvalue weighted by Crippen LogP contribution is -2.36. The van der Waals surface area contributed by atoms with Gasteiger partial charge in [-0.1, -0.05) is 34.9 Å². The molecule has 0 aromatic heterocycles. The molecule has 0 saturated carbocycles. The van der Waals surface area contributed by atoms with E-state index in [2.05, 4.69) is 34.0 Å². The van der Waals surface area contributed by atoms with Crippen molar-refractivity contribution in [3.8, 4) is 0 Å². The zero-order valence-electron chi connectivity index (χ0n) is 16.8. The predicted octanol–water partition coefficient (Wildman–Crippen LogP) is 2.73. The monoisotopic (exact) mass is 402 g/mol. The summed E-state index contributed by atoms with van der Waals surface area (Å²) in [6.45, 7) is 10.8. The minimum atomic E-state index is 0.232. The molecule has 5 nitrogen and oxygen atoms in total. The van der Waals surface area contributed by atoms with Gasteiger partial charge in [0.1, 0.15) is 0 Å². The first-order valence-electron chi connectivity index (χ1n) is 10.4. The fourth-order valence-electron chi connectivity index (χ4n) is 3.54. The van der Waals surface area contributed by atoms with Gasteiger partial charge in [-0.25, -0.2) is 0 Å². The number of unbranched alkanes of at least 4 members (excludes halogenated alkanes) is 1. The minimum absolute atomic E-state index is 0.232. The van der Waals surface area contributed by atoms with Crippen LogP contribution in [0.5, 0.6) is 0 Å². The number of hydrogen-bond acceptors (Lipinski definition) is 6. The van der Waals surface area contributed by atoms with Crippen molar-refractivity contribution in [3.63, 3.8) is 0 Å². The molecule has 0 radical (unpaired) electrons. The molecule has 2 fully saturated rings. The second-order valence-corrected chi connectivity index (χ2v) is 10.4. The zero-order chi connectivity index (χ0) is 18.6. The van der Waals surface area contributed by atoms with E-state index in [0.717, 1.165) is 57.6 Å². The summed E-state index contributed by atoms with van der Waals surface area (Å²) in [6.07, 6.45) is 6.78. The van der Waals surface area contributed by atoms with E-state index >= 15 is 0 Å². The molecule has 2 aliphatic rings. The molecule has 2 rings (SSSR count). The van der Waals surface area contributed by atoms with Gasteiger partial charge in [-0.2, -0.15) is 0 Å². The van der Waals surface area contributed by atoms with Crippen LogP contribution in [-0.2, 0) is 4.79 Å². The van der Waals surface area contributed by atoms with Crippen LogP contribution in [0.4, 0.5) is 0 Å². The Labute approximate surface area is 168 Å². The summed E-state index contributed by atoms with van der Waals surface area (Å²) in [5.74, 6) is 1.54. The first-order valence-corrected chi connectivity index (χ1v) is 12.7. The summed E-state index contributed by atoms with van der Waals surface area (Å²) in [5.41, 5.74) is 0. The molecular formula is C19H38N4OS2. The summed E-state index contributed by atoms with van der Waals surface area (Å²) < 4.78 is 0. The fraction of sp³-hybridized carbons (Fsp3) is 0.947. The Hall–Kier alpha value is 0.0500. The van der Waals surface area contributed by atoms with Crippen molar-refractivity contribution >= 4 is 27.5 Å². The Morgan fingerprint density at radius 3 is 2.73 bits per heavy atom. The normalized spacial score (nSPS) is 21.7. The quantitative estimate of drug-likeness (QED) is 0.377. The molecule has 2 aliphatic heterocycles. The Morgan fingerprint density at radius 1 is 1.19 bits per heavy atom. The van der Waals surface area contributed by atoms with Gasteiger partial charge in [0.05, 0.1) is 6.67 Å². The molecule has 0 aromatic rings. The van der Waals surface area contributed by atoms with Crippen LogP contribution in [0, 0.1) is 0 Å². The number of hydrogen-bond donors (Lipinski definition) is 1. The van der Waals surface area contributed by atoms with Gasteiger partial charge in [0.25, 0.3) is 0 Å². The highest BCUT2D eigenvalue weighted by Crippen LogP contribution is 2.39. The van der Waals surface area contributed by atoms with Gasteiger partial charge in [0, 0.05) is 56.7 Å². The van der Waals surface area contributed by atoms with Gasteiger partial charge in [-0.3, -0.25) is 14.6 Å². The maximum Gasteiger partial charge on any atom is 0.220 e. The van der Waals surface area contributed by atoms with Crippen LogP contribution in [0.15, 0.2) is 0 Å². The zero-order valence-corrected chi connectivity index (χ0v) is 18.4. The summed E-state index contributed by atoms with van der Waals surface area (Å²) in [6, 6.07) is 0. The first kappa shape index (κ1) is 22.3. The second kappa shape index (κ2) is 13.3. The molecule has 0 aromatic carbocycles. The summed E-state index contributed by atoms with van der Waals surface area (Å²) in [7, 11) is 6.25. The number of nitrogens with one attached hydrogen (secondary N) is 1. The molecule has 2 heterocycles. The molecule has 0 aliphatic carbocycles. The third kappa shape index (κ3) is 9.31. The molecule has 0 bridgehead atoms. The SMILES string of the molecule is CCCN(C)CCN1CCN(CCNC(=O)CCCCC2CCSS2)C1. The average Bonchev–Trinajstić information content (AvgIpc) is 3.29. The van der Waals surface area contributed by atoms with Crippen LogP contribution < -0.4 is 5.32 Å². The molecule has 1 unspecified atom stereocenters. The maximum atomic E-state index is 12.0. The molecule has 1 atom stereocenters. The van der Waals surface area contributed by atoms with Crippen molar-refractivity contribution < 1.29 is 4.79 Å². The fourth-order valence-corrected chi connectivity index (χ4v) is 6.57. The van der Waals surface area contributed by atoms with Gasteiger partial charge >= 0.3 is 0 Å². The molecule has 1 N–H and O–H groups in total. The number of rotatable bonds is 13. The maximum absolute atomic E-state index is 12.0. The standard InChI is InChI=1S/C19H38N4OS2/c1-3-10-21(2)12-13-23-15-14-22(17-23)11-9-20-19(24)7-5-4-6-18-8-16-25-26-18/h18H,3-17H2,1-2H3,(H,20,24). The van der Waals surface area contributed by atoms with E-state index in [0.29, 0.717) is 6.42 Å². The highest BCUT2D eigenvalue weighted by molar-refractivity contribution is 8.77. The highest BCUT2D eigenvalue weighted by Gasteiger charge is 2.19. The van der Waals surface area contributed by atoms with E-state index in [1.165, 1.54) is 38.0 Å². The summed E-state index contributed by atoms with van der Waals surface area (Å²) >= 11 is 0. The van der Waals surface area contributed by atoms with Crippen molar-refractivity contribution in [2.24, 2.45) is 0 Å². The molecule has 26 heavy (non-hydrogen) atoms. The van der Waals surface area contributed by atoms with E-state index in [1.807, 2.05) is 21.6 Å². The van der Waals surface area contributed by atoms with Gasteiger partial charge in [0.15, 0.2) is 0 Å². The smallest absolute Gasteiger partial charge is 0.220 e. The molecule has 0 spiro atoms. The van der Waals surface area contributed by atoms with Crippen LogP contribution in [0.1, 0.15) is 45.4 Å². The first-order chi connectivity index (χ1) is 12.7. The van der Waals surface area contributed by atoms with Crippen molar-refractivity contribution in [2.75, 3.05) is 65.3 Å². The topological polar surface area (TPSA) is 38.8 Å². The van der Waals surface area contributed by atoms with Gasteiger partial charge in [-0.05, 0) is 39.3 Å². The predicted molar refractivity (Wildman–Crippen MR) is 116 cm³/mol. The summed E-state index contributed by atoms with van der Waals surface area (Å²) in [4.78, 5) is 19.3. The van der Waals surface area contributed by atoms with E-state index in [9.17, 15) is 4.79 Å². The number of nitrogens with zero attached hydrogens (tertiary/aromatic N) is 3. The molecule has 1 amide bonds. The molecule has 152 valence electrons. The van der Waals surface area contributed by atoms with Crippen LogP contribution >= 0.6 is 21.6 Å². The number of carbonyl (C=O) groups excluding carboxylic acids is 1. The van der Waals surface area contributed by atoms with E-state index in [-0.39, 0.29) is 5.91 Å². The number of amides is 1. The Bertz CT molecular complexity index is 394. The third-order valence-electron chi connectivity index (χ3n) is 5.19. The van der Waals surface area contributed by atoms with Crippen LogP contribution in [0.3, 0.4) is 0 Å². The Kier molecular flexibility index (Phi) is 11.4. The Morgan fingerprint density at radius 2 is 2.00 bits per heavy atom. The van der Waals surface area contributed by atoms with Gasteiger partial charge in [0.2, 0.25) is 5.91 Å². The third-order valence-corrected chi connectivity index (χ3v) is 8.20. The lowest BCUT2D eigenvalue weighted by Gasteiger charge is -2.21. The van der Waals surface area contributed by atoms with E-state index in [1.54, 1.807) is 0 Å².